The third-order valence-corrected chi connectivity index (χ3v) is 6.13. The number of Topliss-reactive ketones (excluding diaryl/α,β-unsaturated/α-hetero) is 1. The number of para-hydroxylation sites is 1. The maximum Gasteiger partial charge on any atom is 0.242 e. The third kappa shape index (κ3) is 2.93. The summed E-state index contributed by atoms with van der Waals surface area (Å²) in [4.78, 5) is 41.2. The number of piperidine rings is 1. The van der Waals surface area contributed by atoms with E-state index in [1.165, 1.54) is 0 Å². The monoisotopic (exact) mass is 367 g/mol. The van der Waals surface area contributed by atoms with E-state index < -0.39 is 5.41 Å². The van der Waals surface area contributed by atoms with Crippen molar-refractivity contribution in [3.05, 3.63) is 36.0 Å². The molecule has 1 atom stereocenters. The topological polar surface area (TPSA) is 62.6 Å². The van der Waals surface area contributed by atoms with Gasteiger partial charge in [0.1, 0.15) is 6.54 Å². The van der Waals surface area contributed by atoms with E-state index in [9.17, 15) is 14.4 Å². The molecule has 2 fully saturated rings. The van der Waals surface area contributed by atoms with Gasteiger partial charge in [0.25, 0.3) is 0 Å². The second-order valence-electron chi connectivity index (χ2n) is 7.92. The van der Waals surface area contributed by atoms with Gasteiger partial charge in [-0.05, 0) is 32.3 Å². The van der Waals surface area contributed by atoms with Crippen LogP contribution in [0.4, 0.5) is 0 Å². The lowest BCUT2D eigenvalue weighted by molar-refractivity contribution is -0.144. The summed E-state index contributed by atoms with van der Waals surface area (Å²) in [6, 6.07) is 7.65. The molecule has 0 unspecified atom stereocenters. The van der Waals surface area contributed by atoms with Gasteiger partial charge in [0.2, 0.25) is 11.8 Å². The Bertz CT molecular complexity index is 932. The molecule has 1 aromatic heterocycles. The van der Waals surface area contributed by atoms with Crippen LogP contribution in [0.2, 0.25) is 0 Å². The second kappa shape index (κ2) is 6.51. The van der Waals surface area contributed by atoms with Gasteiger partial charge in [-0.15, -0.1) is 0 Å². The maximum absolute atomic E-state index is 12.9. The molecule has 142 valence electrons. The molecular weight excluding hydrogens is 342 g/mol. The average molecular weight is 367 g/mol. The molecule has 2 aliphatic heterocycles. The Kier molecular flexibility index (Phi) is 4.29. The first kappa shape index (κ1) is 17.8. The van der Waals surface area contributed by atoms with Gasteiger partial charge in [-0.25, -0.2) is 0 Å². The number of amides is 2. The normalized spacial score (nSPS) is 22.8. The number of hydrogen-bond donors (Lipinski definition) is 0. The minimum absolute atomic E-state index is 0.00348. The van der Waals surface area contributed by atoms with Crippen molar-refractivity contribution in [3.8, 4) is 0 Å². The van der Waals surface area contributed by atoms with E-state index in [0.717, 1.165) is 36.7 Å². The molecule has 0 saturated carbocycles. The fraction of sp³-hybridized carbons (Fsp3) is 0.476. The Hall–Kier alpha value is -2.63. The molecule has 2 aliphatic rings. The molecule has 2 saturated heterocycles. The molecule has 6 nitrogen and oxygen atoms in total. The highest BCUT2D eigenvalue weighted by Gasteiger charge is 2.48. The van der Waals surface area contributed by atoms with Gasteiger partial charge in [0, 0.05) is 49.3 Å². The Morgan fingerprint density at radius 3 is 2.70 bits per heavy atom. The van der Waals surface area contributed by atoms with Crippen LogP contribution in [0.3, 0.4) is 0 Å². The third-order valence-electron chi connectivity index (χ3n) is 6.13. The first-order chi connectivity index (χ1) is 12.9. The number of fused-ring (bicyclic) bond motifs is 1. The molecule has 0 radical (unpaired) electrons. The van der Waals surface area contributed by atoms with E-state index in [1.807, 2.05) is 40.8 Å². The SMILES string of the molecule is CC(=O)c1cn(CC(=O)N2CC[C@@]3(CCCN(C)C3=O)C2)c2ccccc12. The van der Waals surface area contributed by atoms with Crippen molar-refractivity contribution >= 4 is 28.5 Å². The van der Waals surface area contributed by atoms with E-state index in [2.05, 4.69) is 0 Å². The van der Waals surface area contributed by atoms with Gasteiger partial charge >= 0.3 is 0 Å². The van der Waals surface area contributed by atoms with E-state index in [0.29, 0.717) is 18.7 Å². The van der Waals surface area contributed by atoms with Crippen LogP contribution in [0.15, 0.2) is 30.5 Å². The predicted molar refractivity (Wildman–Crippen MR) is 102 cm³/mol. The summed E-state index contributed by atoms with van der Waals surface area (Å²) in [5.41, 5.74) is 1.13. The molecule has 1 spiro atoms. The molecule has 0 aliphatic carbocycles. The molecule has 3 heterocycles. The summed E-state index contributed by atoms with van der Waals surface area (Å²) >= 11 is 0. The summed E-state index contributed by atoms with van der Waals surface area (Å²) < 4.78 is 1.86. The maximum atomic E-state index is 12.9. The quantitative estimate of drug-likeness (QED) is 0.782. The molecule has 4 rings (SSSR count). The molecule has 1 aromatic carbocycles. The molecule has 0 bridgehead atoms. The number of aromatic nitrogens is 1. The van der Waals surface area contributed by atoms with E-state index >= 15 is 0 Å². The number of carbonyl (C=O) groups is 3. The van der Waals surface area contributed by atoms with Crippen LogP contribution in [0.5, 0.6) is 0 Å². The van der Waals surface area contributed by atoms with Gasteiger partial charge in [-0.3, -0.25) is 14.4 Å². The predicted octanol–water partition coefficient (Wildman–Crippen LogP) is 2.31. The van der Waals surface area contributed by atoms with Crippen LogP contribution in [-0.2, 0) is 16.1 Å². The summed E-state index contributed by atoms with van der Waals surface area (Å²) in [6.45, 7) is 3.67. The van der Waals surface area contributed by atoms with Gasteiger partial charge in [-0.1, -0.05) is 18.2 Å². The van der Waals surface area contributed by atoms with Crippen LogP contribution in [0.1, 0.15) is 36.5 Å². The zero-order chi connectivity index (χ0) is 19.2. The molecular formula is C21H25N3O3. The molecule has 0 N–H and O–H groups in total. The largest absolute Gasteiger partial charge is 0.345 e. The number of rotatable bonds is 3. The summed E-state index contributed by atoms with van der Waals surface area (Å²) in [6.07, 6.45) is 4.37. The summed E-state index contributed by atoms with van der Waals surface area (Å²) in [7, 11) is 1.85. The Labute approximate surface area is 158 Å². The van der Waals surface area contributed by atoms with Crippen LogP contribution in [0, 0.1) is 5.41 Å². The van der Waals surface area contributed by atoms with Crippen LogP contribution in [0.25, 0.3) is 10.9 Å². The van der Waals surface area contributed by atoms with Crippen LogP contribution >= 0.6 is 0 Å². The number of carbonyl (C=O) groups excluding carboxylic acids is 3. The second-order valence-corrected chi connectivity index (χ2v) is 7.92. The molecule has 2 amide bonds. The van der Waals surface area contributed by atoms with Crippen molar-refractivity contribution in [1.82, 2.24) is 14.4 Å². The Balaban J connectivity index is 1.55. The van der Waals surface area contributed by atoms with Gasteiger partial charge in [0.05, 0.1) is 5.41 Å². The molecule has 6 heteroatoms. The van der Waals surface area contributed by atoms with E-state index in [1.54, 1.807) is 18.0 Å². The van der Waals surface area contributed by atoms with Crippen molar-refractivity contribution in [2.24, 2.45) is 5.41 Å². The van der Waals surface area contributed by atoms with Crippen molar-refractivity contribution in [2.75, 3.05) is 26.7 Å². The summed E-state index contributed by atoms with van der Waals surface area (Å²) in [5.74, 6) is 0.173. The van der Waals surface area contributed by atoms with Crippen molar-refractivity contribution in [1.29, 1.82) is 0 Å². The lowest BCUT2D eigenvalue weighted by Gasteiger charge is -2.37. The zero-order valence-electron chi connectivity index (χ0n) is 15.9. The fourth-order valence-electron chi connectivity index (χ4n) is 4.64. The van der Waals surface area contributed by atoms with E-state index in [-0.39, 0.29) is 24.1 Å². The number of ketones is 1. The average Bonchev–Trinajstić information content (AvgIpc) is 3.23. The number of hydrogen-bond acceptors (Lipinski definition) is 3. The Morgan fingerprint density at radius 1 is 1.15 bits per heavy atom. The van der Waals surface area contributed by atoms with Crippen LogP contribution in [-0.4, -0.2) is 58.6 Å². The van der Waals surface area contributed by atoms with E-state index in [4.69, 9.17) is 0 Å². The smallest absolute Gasteiger partial charge is 0.242 e. The highest BCUT2D eigenvalue weighted by molar-refractivity contribution is 6.07. The van der Waals surface area contributed by atoms with Gasteiger partial charge < -0.3 is 14.4 Å². The van der Waals surface area contributed by atoms with Crippen molar-refractivity contribution in [3.63, 3.8) is 0 Å². The van der Waals surface area contributed by atoms with Crippen molar-refractivity contribution in [2.45, 2.75) is 32.7 Å². The number of likely N-dealkylation sites (tertiary alicyclic amines) is 2. The standard InChI is InChI=1S/C21H25N3O3/c1-15(25)17-12-24(18-7-4-3-6-16(17)18)13-19(26)23-11-9-21(14-23)8-5-10-22(2)20(21)27/h3-4,6-7,12H,5,8-11,13-14H2,1-2H3/t21-/m0/s1. The zero-order valence-corrected chi connectivity index (χ0v) is 15.9. The minimum atomic E-state index is -0.397. The first-order valence-corrected chi connectivity index (χ1v) is 9.53. The Morgan fingerprint density at radius 2 is 1.93 bits per heavy atom. The highest BCUT2D eigenvalue weighted by atomic mass is 16.2. The number of benzene rings is 1. The first-order valence-electron chi connectivity index (χ1n) is 9.53. The van der Waals surface area contributed by atoms with Crippen LogP contribution < -0.4 is 0 Å². The molecule has 2 aromatic rings. The molecule has 27 heavy (non-hydrogen) atoms. The number of nitrogens with zero attached hydrogens (tertiary/aromatic N) is 3. The lowest BCUT2D eigenvalue weighted by atomic mass is 9.78. The van der Waals surface area contributed by atoms with Crippen molar-refractivity contribution < 1.29 is 14.4 Å². The fourth-order valence-corrected chi connectivity index (χ4v) is 4.64. The minimum Gasteiger partial charge on any atom is -0.345 e. The summed E-state index contributed by atoms with van der Waals surface area (Å²) in [5, 5.41) is 0.875. The van der Waals surface area contributed by atoms with Gasteiger partial charge in [0.15, 0.2) is 5.78 Å². The van der Waals surface area contributed by atoms with Gasteiger partial charge in [-0.2, -0.15) is 0 Å². The lowest BCUT2D eigenvalue weighted by Crippen LogP contribution is -2.48. The highest BCUT2D eigenvalue weighted by Crippen LogP contribution is 2.39.